The van der Waals surface area contributed by atoms with Crippen LogP contribution in [0, 0.1) is 6.92 Å². The molecule has 156 valence electrons. The van der Waals surface area contributed by atoms with Crippen molar-refractivity contribution in [2.45, 2.75) is 23.3 Å². The molecule has 0 unspecified atom stereocenters. The van der Waals surface area contributed by atoms with E-state index in [1.165, 1.54) is 0 Å². The Bertz CT molecular complexity index is 1100. The van der Waals surface area contributed by atoms with Crippen LogP contribution in [0.4, 0.5) is 5.69 Å². The van der Waals surface area contributed by atoms with Crippen LogP contribution in [0.3, 0.4) is 0 Å². The van der Waals surface area contributed by atoms with Crippen LogP contribution in [0.2, 0.25) is 0 Å². The third kappa shape index (κ3) is 4.35. The average molecular weight is 423 g/mol. The minimum atomic E-state index is -3.49. The molecule has 1 N–H and O–H groups in total. The Hall–Kier alpha value is -2.83. The highest BCUT2D eigenvalue weighted by atomic mass is 32.2. The summed E-state index contributed by atoms with van der Waals surface area (Å²) in [7, 11) is -3.49. The van der Waals surface area contributed by atoms with Crippen LogP contribution in [0.15, 0.2) is 82.6 Å². The van der Waals surface area contributed by atoms with Crippen molar-refractivity contribution in [3.63, 3.8) is 0 Å². The Balaban J connectivity index is 1.39. The highest BCUT2D eigenvalue weighted by molar-refractivity contribution is 7.91. The molecule has 6 heteroatoms. The van der Waals surface area contributed by atoms with E-state index in [0.717, 1.165) is 49.5 Å². The van der Waals surface area contributed by atoms with Gasteiger partial charge in [0, 0.05) is 32.7 Å². The van der Waals surface area contributed by atoms with E-state index in [1.807, 2.05) is 49.4 Å². The summed E-state index contributed by atoms with van der Waals surface area (Å²) in [5.41, 5.74) is 3.00. The van der Waals surface area contributed by atoms with Crippen LogP contribution < -0.4 is 4.90 Å². The van der Waals surface area contributed by atoms with Crippen LogP contribution in [0.1, 0.15) is 11.1 Å². The van der Waals surface area contributed by atoms with Gasteiger partial charge in [0.05, 0.1) is 15.5 Å². The quantitative estimate of drug-likeness (QED) is 0.677. The normalized spacial score (nSPS) is 15.3. The van der Waals surface area contributed by atoms with E-state index in [0.29, 0.717) is 15.5 Å². The zero-order chi connectivity index (χ0) is 21.1. The number of phenolic OH excluding ortho intramolecular Hbond substituents is 1. The van der Waals surface area contributed by atoms with Gasteiger partial charge in [-0.05, 0) is 48.9 Å². The number of piperazine rings is 1. The van der Waals surface area contributed by atoms with Crippen LogP contribution >= 0.6 is 0 Å². The molecule has 0 aromatic heterocycles. The lowest BCUT2D eigenvalue weighted by Gasteiger charge is -2.36. The first-order valence-electron chi connectivity index (χ1n) is 10.1. The van der Waals surface area contributed by atoms with Crippen molar-refractivity contribution in [3.8, 4) is 5.75 Å². The third-order valence-corrected chi connectivity index (χ3v) is 7.35. The second-order valence-electron chi connectivity index (χ2n) is 7.71. The fourth-order valence-electron chi connectivity index (χ4n) is 3.76. The number of benzene rings is 3. The lowest BCUT2D eigenvalue weighted by Crippen LogP contribution is -2.45. The zero-order valence-corrected chi connectivity index (χ0v) is 17.8. The van der Waals surface area contributed by atoms with Gasteiger partial charge < -0.3 is 10.0 Å². The number of aryl methyl sites for hydroxylation is 1. The molecule has 1 fully saturated rings. The second-order valence-corrected chi connectivity index (χ2v) is 9.66. The van der Waals surface area contributed by atoms with Crippen molar-refractivity contribution in [2.24, 2.45) is 0 Å². The van der Waals surface area contributed by atoms with Gasteiger partial charge in [-0.1, -0.05) is 42.0 Å². The van der Waals surface area contributed by atoms with Gasteiger partial charge in [-0.15, -0.1) is 0 Å². The molecule has 5 nitrogen and oxygen atoms in total. The summed E-state index contributed by atoms with van der Waals surface area (Å²) in [4.78, 5) is 5.18. The highest BCUT2D eigenvalue weighted by Crippen LogP contribution is 2.27. The Morgan fingerprint density at radius 1 is 0.800 bits per heavy atom. The van der Waals surface area contributed by atoms with Gasteiger partial charge in [-0.2, -0.15) is 0 Å². The molecule has 0 atom stereocenters. The molecular formula is C24H26N2O3S. The molecule has 30 heavy (non-hydrogen) atoms. The molecule has 1 aliphatic rings. The van der Waals surface area contributed by atoms with Gasteiger partial charge in [-0.25, -0.2) is 8.42 Å². The number of nitrogens with zero attached hydrogens (tertiary/aromatic N) is 2. The molecule has 1 aliphatic heterocycles. The van der Waals surface area contributed by atoms with Crippen LogP contribution in [-0.2, 0) is 16.4 Å². The fourth-order valence-corrected chi connectivity index (χ4v) is 5.03. The van der Waals surface area contributed by atoms with Gasteiger partial charge in [0.1, 0.15) is 5.75 Å². The predicted molar refractivity (Wildman–Crippen MR) is 119 cm³/mol. The smallest absolute Gasteiger partial charge is 0.206 e. The SMILES string of the molecule is Cc1ccc(S(=O)(=O)c2ccc(CN3CCN(c4ccccc4O)CC3)cc2)cc1. The third-order valence-electron chi connectivity index (χ3n) is 5.57. The summed E-state index contributed by atoms with van der Waals surface area (Å²) in [6, 6.07) is 21.6. The molecule has 0 radical (unpaired) electrons. The second kappa shape index (κ2) is 8.50. The van der Waals surface area contributed by atoms with Crippen LogP contribution in [0.25, 0.3) is 0 Å². The number of hydrogen-bond acceptors (Lipinski definition) is 5. The first kappa shape index (κ1) is 20.4. The summed E-state index contributed by atoms with van der Waals surface area (Å²) in [5, 5.41) is 10.0. The minimum absolute atomic E-state index is 0.316. The van der Waals surface area contributed by atoms with E-state index in [1.54, 1.807) is 30.3 Å². The first-order chi connectivity index (χ1) is 14.4. The topological polar surface area (TPSA) is 60.9 Å². The van der Waals surface area contributed by atoms with E-state index in [4.69, 9.17) is 0 Å². The van der Waals surface area contributed by atoms with Crippen molar-refractivity contribution in [1.29, 1.82) is 0 Å². The molecule has 3 aromatic carbocycles. The number of aromatic hydroxyl groups is 1. The monoisotopic (exact) mass is 422 g/mol. The van der Waals surface area contributed by atoms with E-state index in [-0.39, 0.29) is 0 Å². The lowest BCUT2D eigenvalue weighted by molar-refractivity contribution is 0.249. The molecule has 0 amide bonds. The number of hydrogen-bond donors (Lipinski definition) is 1. The van der Waals surface area contributed by atoms with Gasteiger partial charge in [0.15, 0.2) is 0 Å². The Morgan fingerprint density at radius 2 is 1.37 bits per heavy atom. The molecular weight excluding hydrogens is 396 g/mol. The van der Waals surface area contributed by atoms with E-state index < -0.39 is 9.84 Å². The summed E-state index contributed by atoms with van der Waals surface area (Å²) in [6.07, 6.45) is 0. The Kier molecular flexibility index (Phi) is 5.79. The Labute approximate surface area is 178 Å². The molecule has 1 heterocycles. The summed E-state index contributed by atoms with van der Waals surface area (Å²) < 4.78 is 25.6. The van der Waals surface area contributed by atoms with Crippen molar-refractivity contribution in [3.05, 3.63) is 83.9 Å². The van der Waals surface area contributed by atoms with E-state index in [9.17, 15) is 13.5 Å². The molecule has 3 aromatic rings. The van der Waals surface area contributed by atoms with E-state index in [2.05, 4.69) is 9.80 Å². The van der Waals surface area contributed by atoms with Crippen LogP contribution in [0.5, 0.6) is 5.75 Å². The van der Waals surface area contributed by atoms with Gasteiger partial charge in [-0.3, -0.25) is 4.90 Å². The molecule has 0 aliphatic carbocycles. The maximum Gasteiger partial charge on any atom is 0.206 e. The number of para-hydroxylation sites is 2. The molecule has 0 spiro atoms. The summed E-state index contributed by atoms with van der Waals surface area (Å²) in [6.45, 7) is 6.18. The number of rotatable bonds is 5. The molecule has 0 bridgehead atoms. The number of anilines is 1. The average Bonchev–Trinajstić information content (AvgIpc) is 2.75. The molecule has 1 saturated heterocycles. The van der Waals surface area contributed by atoms with Crippen molar-refractivity contribution < 1.29 is 13.5 Å². The van der Waals surface area contributed by atoms with Crippen molar-refractivity contribution in [2.75, 3.05) is 31.1 Å². The fraction of sp³-hybridized carbons (Fsp3) is 0.250. The minimum Gasteiger partial charge on any atom is -0.506 e. The maximum atomic E-state index is 12.8. The Morgan fingerprint density at radius 3 is 1.97 bits per heavy atom. The molecule has 0 saturated carbocycles. The first-order valence-corrected chi connectivity index (χ1v) is 11.6. The van der Waals surface area contributed by atoms with Gasteiger partial charge >= 0.3 is 0 Å². The van der Waals surface area contributed by atoms with Gasteiger partial charge in [0.2, 0.25) is 9.84 Å². The lowest BCUT2D eigenvalue weighted by atomic mass is 10.2. The van der Waals surface area contributed by atoms with E-state index >= 15 is 0 Å². The van der Waals surface area contributed by atoms with Gasteiger partial charge in [0.25, 0.3) is 0 Å². The largest absolute Gasteiger partial charge is 0.506 e. The van der Waals surface area contributed by atoms with Crippen LogP contribution in [-0.4, -0.2) is 44.6 Å². The summed E-state index contributed by atoms with van der Waals surface area (Å²) >= 11 is 0. The molecule has 4 rings (SSSR count). The standard InChI is InChI=1S/C24H26N2O3S/c1-19-6-10-21(11-7-19)30(28,29)22-12-8-20(9-13-22)18-25-14-16-26(17-15-25)23-4-2-3-5-24(23)27/h2-13,27H,14-18H2,1H3. The number of sulfone groups is 1. The van der Waals surface area contributed by atoms with Crippen molar-refractivity contribution in [1.82, 2.24) is 4.90 Å². The zero-order valence-electron chi connectivity index (χ0n) is 17.0. The van der Waals surface area contributed by atoms with Crippen molar-refractivity contribution >= 4 is 15.5 Å². The predicted octanol–water partition coefficient (Wildman–Crippen LogP) is 3.86. The summed E-state index contributed by atoms with van der Waals surface area (Å²) in [5.74, 6) is 0.316. The maximum absolute atomic E-state index is 12.8. The number of phenols is 1. The highest BCUT2D eigenvalue weighted by Gasteiger charge is 2.20.